The van der Waals surface area contributed by atoms with Crippen LogP contribution in [0.5, 0.6) is 17.2 Å². The number of hydrogen-bond donors (Lipinski definition) is 0. The van der Waals surface area contributed by atoms with Gasteiger partial charge in [-0.3, -0.25) is 0 Å². The number of pyridine rings is 1. The molecule has 0 saturated heterocycles. The number of rotatable bonds is 9. The number of methoxy groups -OCH3 is 2. The maximum Gasteiger partial charge on any atom is 0.573 e. The van der Waals surface area contributed by atoms with Gasteiger partial charge >= 0.3 is 12.1 Å². The Labute approximate surface area is 198 Å². The summed E-state index contributed by atoms with van der Waals surface area (Å²) in [6, 6.07) is 16.0. The SMILES string of the molecule is COc1ccccc1OCC(Cn1nc2ccc(-c3ccc(OC(F)(F)F)cc3)cn2c1=O)OC. The Balaban J connectivity index is 1.50. The first-order valence-corrected chi connectivity index (χ1v) is 10.5. The molecule has 4 aromatic rings. The molecule has 2 heterocycles. The lowest BCUT2D eigenvalue weighted by molar-refractivity contribution is -0.274. The summed E-state index contributed by atoms with van der Waals surface area (Å²) in [5, 5.41) is 4.34. The Hall–Kier alpha value is -3.99. The molecule has 0 amide bonds. The average Bonchev–Trinajstić information content (AvgIpc) is 3.15. The van der Waals surface area contributed by atoms with Crippen LogP contribution in [-0.2, 0) is 11.3 Å². The standard InChI is InChI=1S/C24H22F3N3O5/c1-32-19(15-34-21-6-4-3-5-20(21)33-2)14-30-23(31)29-13-17(9-12-22(29)28-30)16-7-10-18(11-8-16)35-24(25,26)27/h3-13,19H,14-15H2,1-2H3. The average molecular weight is 489 g/mol. The highest BCUT2D eigenvalue weighted by Crippen LogP contribution is 2.27. The van der Waals surface area contributed by atoms with Crippen molar-refractivity contribution in [2.45, 2.75) is 19.0 Å². The minimum Gasteiger partial charge on any atom is -0.493 e. The first-order chi connectivity index (χ1) is 16.8. The minimum absolute atomic E-state index is 0.144. The largest absolute Gasteiger partial charge is 0.573 e. The molecule has 184 valence electrons. The number of fused-ring (bicyclic) bond motifs is 1. The van der Waals surface area contributed by atoms with Crippen LogP contribution in [0.4, 0.5) is 13.2 Å². The van der Waals surface area contributed by atoms with E-state index >= 15 is 0 Å². The van der Waals surface area contributed by atoms with E-state index in [1.54, 1.807) is 37.6 Å². The van der Waals surface area contributed by atoms with Gasteiger partial charge in [0.25, 0.3) is 0 Å². The number of aromatic nitrogens is 3. The molecule has 0 radical (unpaired) electrons. The number of alkyl halides is 3. The van der Waals surface area contributed by atoms with Crippen LogP contribution in [0.2, 0.25) is 0 Å². The number of ether oxygens (including phenoxy) is 4. The zero-order chi connectivity index (χ0) is 25.0. The van der Waals surface area contributed by atoms with Crippen LogP contribution in [-0.4, -0.2) is 47.5 Å². The van der Waals surface area contributed by atoms with E-state index in [9.17, 15) is 18.0 Å². The molecule has 2 aromatic heterocycles. The van der Waals surface area contributed by atoms with Crippen molar-refractivity contribution in [3.8, 4) is 28.4 Å². The minimum atomic E-state index is -4.76. The molecule has 0 fully saturated rings. The second-order valence-electron chi connectivity index (χ2n) is 7.50. The molecular formula is C24H22F3N3O5. The van der Waals surface area contributed by atoms with Crippen LogP contribution in [0.25, 0.3) is 16.8 Å². The number of nitrogens with zero attached hydrogens (tertiary/aromatic N) is 3. The van der Waals surface area contributed by atoms with Gasteiger partial charge in [-0.1, -0.05) is 24.3 Å². The van der Waals surface area contributed by atoms with Gasteiger partial charge in [-0.25, -0.2) is 13.9 Å². The maximum atomic E-state index is 13.0. The summed E-state index contributed by atoms with van der Waals surface area (Å²) in [5.74, 6) is 0.807. The molecule has 0 spiro atoms. The molecule has 11 heteroatoms. The fraction of sp³-hybridized carbons (Fsp3) is 0.250. The highest BCUT2D eigenvalue weighted by molar-refractivity contribution is 5.65. The van der Waals surface area contributed by atoms with Crippen LogP contribution in [0.1, 0.15) is 0 Å². The van der Waals surface area contributed by atoms with Crippen LogP contribution in [0.15, 0.2) is 71.7 Å². The van der Waals surface area contributed by atoms with E-state index in [0.717, 1.165) is 0 Å². The first-order valence-electron chi connectivity index (χ1n) is 10.5. The highest BCUT2D eigenvalue weighted by atomic mass is 19.4. The Morgan fingerprint density at radius 3 is 2.29 bits per heavy atom. The summed E-state index contributed by atoms with van der Waals surface area (Å²) >= 11 is 0. The third-order valence-corrected chi connectivity index (χ3v) is 5.20. The van der Waals surface area contributed by atoms with Gasteiger partial charge < -0.3 is 18.9 Å². The summed E-state index contributed by atoms with van der Waals surface area (Å²) in [7, 11) is 3.06. The summed E-state index contributed by atoms with van der Waals surface area (Å²) in [5.41, 5.74) is 1.26. The van der Waals surface area contributed by atoms with Gasteiger partial charge in [0.1, 0.15) is 18.5 Å². The molecule has 0 aliphatic rings. The Kier molecular flexibility index (Phi) is 6.97. The smallest absolute Gasteiger partial charge is 0.493 e. The van der Waals surface area contributed by atoms with E-state index in [0.29, 0.717) is 28.3 Å². The quantitative estimate of drug-likeness (QED) is 0.352. The number of para-hydroxylation sites is 2. The van der Waals surface area contributed by atoms with Crippen molar-refractivity contribution in [1.82, 2.24) is 14.2 Å². The van der Waals surface area contributed by atoms with Crippen molar-refractivity contribution < 1.29 is 32.1 Å². The molecule has 4 rings (SSSR count). The van der Waals surface area contributed by atoms with E-state index in [1.807, 2.05) is 12.1 Å². The van der Waals surface area contributed by atoms with E-state index in [1.165, 1.54) is 40.5 Å². The second kappa shape index (κ2) is 10.1. The lowest BCUT2D eigenvalue weighted by Gasteiger charge is -2.17. The van der Waals surface area contributed by atoms with E-state index in [4.69, 9.17) is 14.2 Å². The van der Waals surface area contributed by atoms with Crippen LogP contribution in [0.3, 0.4) is 0 Å². The summed E-state index contributed by atoms with van der Waals surface area (Å²) in [6.45, 7) is 0.305. The summed E-state index contributed by atoms with van der Waals surface area (Å²) < 4.78 is 60.2. The fourth-order valence-electron chi connectivity index (χ4n) is 3.47. The molecule has 0 aliphatic carbocycles. The van der Waals surface area contributed by atoms with Crippen molar-refractivity contribution in [2.24, 2.45) is 0 Å². The normalized spacial score (nSPS) is 12.5. The summed E-state index contributed by atoms with van der Waals surface area (Å²) in [6.07, 6.45) is -3.66. The van der Waals surface area contributed by atoms with Crippen LogP contribution >= 0.6 is 0 Å². The van der Waals surface area contributed by atoms with Crippen LogP contribution in [0, 0.1) is 0 Å². The monoisotopic (exact) mass is 489 g/mol. The molecule has 0 N–H and O–H groups in total. The van der Waals surface area contributed by atoms with Gasteiger partial charge in [0.15, 0.2) is 17.1 Å². The van der Waals surface area contributed by atoms with Crippen molar-refractivity contribution in [3.05, 3.63) is 77.3 Å². The van der Waals surface area contributed by atoms with Gasteiger partial charge in [0.2, 0.25) is 0 Å². The van der Waals surface area contributed by atoms with Crippen molar-refractivity contribution in [3.63, 3.8) is 0 Å². The molecule has 1 atom stereocenters. The highest BCUT2D eigenvalue weighted by Gasteiger charge is 2.31. The number of hydrogen-bond acceptors (Lipinski definition) is 6. The molecule has 0 bridgehead atoms. The predicted molar refractivity (Wildman–Crippen MR) is 121 cm³/mol. The predicted octanol–water partition coefficient (Wildman–Crippen LogP) is 4.16. The van der Waals surface area contributed by atoms with E-state index < -0.39 is 18.2 Å². The van der Waals surface area contributed by atoms with Gasteiger partial charge in [-0.15, -0.1) is 18.3 Å². The number of benzene rings is 2. The molecule has 0 aliphatic heterocycles. The lowest BCUT2D eigenvalue weighted by Crippen LogP contribution is -2.32. The van der Waals surface area contributed by atoms with Gasteiger partial charge in [-0.2, -0.15) is 0 Å². The fourth-order valence-corrected chi connectivity index (χ4v) is 3.47. The third kappa shape index (κ3) is 5.75. The first kappa shape index (κ1) is 24.1. The molecule has 1 unspecified atom stereocenters. The zero-order valence-corrected chi connectivity index (χ0v) is 18.9. The molecule has 2 aromatic carbocycles. The van der Waals surface area contributed by atoms with E-state index in [-0.39, 0.29) is 18.9 Å². The zero-order valence-electron chi connectivity index (χ0n) is 18.9. The Morgan fingerprint density at radius 1 is 0.943 bits per heavy atom. The van der Waals surface area contributed by atoms with E-state index in [2.05, 4.69) is 9.84 Å². The van der Waals surface area contributed by atoms with Gasteiger partial charge in [0, 0.05) is 13.3 Å². The van der Waals surface area contributed by atoms with Gasteiger partial charge in [0.05, 0.1) is 13.7 Å². The van der Waals surface area contributed by atoms with Crippen LogP contribution < -0.4 is 19.9 Å². The summed E-state index contributed by atoms with van der Waals surface area (Å²) in [4.78, 5) is 13.0. The van der Waals surface area contributed by atoms with Crippen molar-refractivity contribution >= 4 is 5.65 Å². The Morgan fingerprint density at radius 2 is 1.63 bits per heavy atom. The van der Waals surface area contributed by atoms with Gasteiger partial charge in [-0.05, 0) is 47.5 Å². The second-order valence-corrected chi connectivity index (χ2v) is 7.50. The molecule has 35 heavy (non-hydrogen) atoms. The molecule has 0 saturated carbocycles. The molecular weight excluding hydrogens is 467 g/mol. The molecule has 8 nitrogen and oxygen atoms in total. The maximum absolute atomic E-state index is 13.0. The van der Waals surface area contributed by atoms with Crippen molar-refractivity contribution in [2.75, 3.05) is 20.8 Å². The number of halogens is 3. The third-order valence-electron chi connectivity index (χ3n) is 5.20. The Bertz CT molecular complexity index is 1350. The topological polar surface area (TPSA) is 76.2 Å². The lowest BCUT2D eigenvalue weighted by atomic mass is 10.1. The van der Waals surface area contributed by atoms with Crippen molar-refractivity contribution in [1.29, 1.82) is 0 Å².